The lowest BCUT2D eigenvalue weighted by atomic mass is 9.61. The third-order valence-corrected chi connectivity index (χ3v) is 4.84. The Hall–Kier alpha value is -0.600. The molecule has 17 heavy (non-hydrogen) atoms. The first-order valence-electron chi connectivity index (χ1n) is 6.65. The van der Waals surface area contributed by atoms with Gasteiger partial charge in [0.2, 0.25) is 0 Å². The maximum Gasteiger partial charge on any atom is 0.106 e. The van der Waals surface area contributed by atoms with E-state index in [1.165, 1.54) is 18.4 Å². The van der Waals surface area contributed by atoms with Crippen molar-refractivity contribution in [2.75, 3.05) is 6.61 Å². The summed E-state index contributed by atoms with van der Waals surface area (Å²) in [6.07, 6.45) is 8.91. The van der Waals surface area contributed by atoms with Crippen molar-refractivity contribution in [3.63, 3.8) is 0 Å². The van der Waals surface area contributed by atoms with Crippen LogP contribution in [0.15, 0.2) is 23.3 Å². The Kier molecular flexibility index (Phi) is 3.21. The fraction of sp³-hybridized carbons (Fsp3) is 0.733. The summed E-state index contributed by atoms with van der Waals surface area (Å²) in [7, 11) is 0. The van der Waals surface area contributed by atoms with Crippen molar-refractivity contribution in [3.8, 4) is 0 Å². The van der Waals surface area contributed by atoms with E-state index >= 15 is 0 Å². The van der Waals surface area contributed by atoms with Crippen LogP contribution < -0.4 is 0 Å². The second-order valence-electron chi connectivity index (χ2n) is 6.09. The van der Waals surface area contributed by atoms with E-state index in [0.29, 0.717) is 5.92 Å². The van der Waals surface area contributed by atoms with Crippen LogP contribution in [0.3, 0.4) is 0 Å². The van der Waals surface area contributed by atoms with Crippen LogP contribution in [0.1, 0.15) is 46.5 Å². The first-order valence-corrected chi connectivity index (χ1v) is 6.65. The minimum Gasteiger partial charge on any atom is -0.393 e. The van der Waals surface area contributed by atoms with Crippen molar-refractivity contribution in [3.05, 3.63) is 23.3 Å². The molecule has 2 rings (SSSR count). The molecule has 0 saturated carbocycles. The number of fused-ring (bicyclic) bond motifs is 1. The predicted molar refractivity (Wildman–Crippen MR) is 69.6 cm³/mol. The Morgan fingerprint density at radius 3 is 2.82 bits per heavy atom. The average molecular weight is 236 g/mol. The van der Waals surface area contributed by atoms with E-state index in [-0.39, 0.29) is 12.0 Å². The SMILES string of the molecule is C[C@@H]1CCC=C2CCC([C@](C)(O)CO)=C[C@@]21C. The van der Waals surface area contributed by atoms with Gasteiger partial charge in [-0.3, -0.25) is 0 Å². The Labute approximate surface area is 104 Å². The summed E-state index contributed by atoms with van der Waals surface area (Å²) >= 11 is 0. The minimum absolute atomic E-state index is 0.0883. The molecule has 0 heterocycles. The molecule has 0 aliphatic heterocycles. The van der Waals surface area contributed by atoms with Crippen LogP contribution in [0, 0.1) is 11.3 Å². The number of aliphatic hydroxyl groups excluding tert-OH is 1. The molecule has 0 radical (unpaired) electrons. The van der Waals surface area contributed by atoms with Crippen molar-refractivity contribution in [1.82, 2.24) is 0 Å². The molecule has 0 bridgehead atoms. The van der Waals surface area contributed by atoms with Gasteiger partial charge in [-0.05, 0) is 44.1 Å². The van der Waals surface area contributed by atoms with Crippen molar-refractivity contribution >= 4 is 0 Å². The highest BCUT2D eigenvalue weighted by Crippen LogP contribution is 2.50. The smallest absolute Gasteiger partial charge is 0.106 e. The molecule has 0 unspecified atom stereocenters. The van der Waals surface area contributed by atoms with Gasteiger partial charge in [0, 0.05) is 5.41 Å². The Morgan fingerprint density at radius 1 is 1.47 bits per heavy atom. The fourth-order valence-corrected chi connectivity index (χ4v) is 3.18. The normalized spacial score (nSPS) is 36.6. The first kappa shape index (κ1) is 12.8. The summed E-state index contributed by atoms with van der Waals surface area (Å²) in [4.78, 5) is 0. The Balaban J connectivity index is 2.39. The van der Waals surface area contributed by atoms with Gasteiger partial charge in [-0.15, -0.1) is 0 Å². The molecular weight excluding hydrogens is 212 g/mol. The fourth-order valence-electron chi connectivity index (χ4n) is 3.18. The van der Waals surface area contributed by atoms with Crippen LogP contribution in [-0.2, 0) is 0 Å². The lowest BCUT2D eigenvalue weighted by molar-refractivity contribution is 0.0277. The third kappa shape index (κ3) is 2.09. The molecule has 2 N–H and O–H groups in total. The van der Waals surface area contributed by atoms with Gasteiger partial charge in [0.1, 0.15) is 5.60 Å². The molecule has 2 nitrogen and oxygen atoms in total. The molecule has 0 spiro atoms. The molecule has 0 aromatic rings. The van der Waals surface area contributed by atoms with Crippen molar-refractivity contribution in [2.45, 2.75) is 52.1 Å². The number of rotatable bonds is 2. The van der Waals surface area contributed by atoms with Crippen molar-refractivity contribution < 1.29 is 10.2 Å². The number of hydrogen-bond donors (Lipinski definition) is 2. The monoisotopic (exact) mass is 236 g/mol. The van der Waals surface area contributed by atoms with E-state index in [0.717, 1.165) is 18.4 Å². The standard InChI is InChI=1S/C15H24O2/c1-11-5-4-6-12-7-8-13(9-14(11,12)2)15(3,17)10-16/h6,9,11,16-17H,4-5,7-8,10H2,1-3H3/t11-,14-,15-/m1/s1. The van der Waals surface area contributed by atoms with Crippen LogP contribution in [-0.4, -0.2) is 22.4 Å². The molecule has 0 aromatic carbocycles. The number of aliphatic hydroxyl groups is 2. The van der Waals surface area contributed by atoms with E-state index in [1.807, 2.05) is 0 Å². The first-order chi connectivity index (χ1) is 7.90. The summed E-state index contributed by atoms with van der Waals surface area (Å²) in [5.74, 6) is 0.618. The summed E-state index contributed by atoms with van der Waals surface area (Å²) in [5.41, 5.74) is 1.57. The van der Waals surface area contributed by atoms with Crippen LogP contribution >= 0.6 is 0 Å². The van der Waals surface area contributed by atoms with E-state index < -0.39 is 5.60 Å². The van der Waals surface area contributed by atoms with Crippen LogP contribution in [0.4, 0.5) is 0 Å². The number of hydrogen-bond acceptors (Lipinski definition) is 2. The van der Waals surface area contributed by atoms with Gasteiger partial charge in [0.15, 0.2) is 0 Å². The topological polar surface area (TPSA) is 40.5 Å². The van der Waals surface area contributed by atoms with E-state index in [1.54, 1.807) is 6.92 Å². The summed E-state index contributed by atoms with van der Waals surface area (Å²) in [6.45, 7) is 6.09. The van der Waals surface area contributed by atoms with Crippen LogP contribution in [0.25, 0.3) is 0 Å². The van der Waals surface area contributed by atoms with Gasteiger partial charge in [0.25, 0.3) is 0 Å². The molecule has 3 atom stereocenters. The van der Waals surface area contributed by atoms with Crippen LogP contribution in [0.2, 0.25) is 0 Å². The Bertz CT molecular complexity index is 365. The van der Waals surface area contributed by atoms with Gasteiger partial charge < -0.3 is 10.2 Å². The zero-order valence-electron chi connectivity index (χ0n) is 11.2. The maximum absolute atomic E-state index is 10.2. The molecule has 0 fully saturated rings. The van der Waals surface area contributed by atoms with Crippen molar-refractivity contribution in [2.24, 2.45) is 11.3 Å². The predicted octanol–water partition coefficient (Wildman–Crippen LogP) is 2.81. The lowest BCUT2D eigenvalue weighted by Crippen LogP contribution is -2.38. The second-order valence-corrected chi connectivity index (χ2v) is 6.09. The van der Waals surface area contributed by atoms with E-state index in [4.69, 9.17) is 0 Å². The molecule has 2 aliphatic rings. The molecule has 0 aromatic heterocycles. The van der Waals surface area contributed by atoms with E-state index in [2.05, 4.69) is 26.0 Å². The molecule has 0 amide bonds. The molecule has 2 aliphatic carbocycles. The number of allylic oxidation sites excluding steroid dienone is 3. The van der Waals surface area contributed by atoms with Gasteiger partial charge >= 0.3 is 0 Å². The lowest BCUT2D eigenvalue weighted by Gasteiger charge is -2.44. The van der Waals surface area contributed by atoms with Gasteiger partial charge in [-0.25, -0.2) is 0 Å². The molecule has 2 heteroatoms. The third-order valence-electron chi connectivity index (χ3n) is 4.84. The average Bonchev–Trinajstić information content (AvgIpc) is 2.30. The maximum atomic E-state index is 10.2. The summed E-state index contributed by atoms with van der Waals surface area (Å²) in [6, 6.07) is 0. The highest BCUT2D eigenvalue weighted by molar-refractivity contribution is 5.35. The summed E-state index contributed by atoms with van der Waals surface area (Å²) in [5, 5.41) is 19.5. The highest BCUT2D eigenvalue weighted by Gasteiger charge is 2.40. The highest BCUT2D eigenvalue weighted by atomic mass is 16.3. The quantitative estimate of drug-likeness (QED) is 0.724. The molecule has 0 saturated heterocycles. The zero-order chi connectivity index (χ0) is 12.7. The van der Waals surface area contributed by atoms with Crippen LogP contribution in [0.5, 0.6) is 0 Å². The second kappa shape index (κ2) is 4.25. The van der Waals surface area contributed by atoms with Gasteiger partial charge in [-0.1, -0.05) is 31.6 Å². The largest absolute Gasteiger partial charge is 0.393 e. The summed E-state index contributed by atoms with van der Waals surface area (Å²) < 4.78 is 0. The van der Waals surface area contributed by atoms with Crippen molar-refractivity contribution in [1.29, 1.82) is 0 Å². The van der Waals surface area contributed by atoms with Gasteiger partial charge in [-0.2, -0.15) is 0 Å². The minimum atomic E-state index is -1.05. The Morgan fingerprint density at radius 2 is 2.18 bits per heavy atom. The molecule has 96 valence electrons. The van der Waals surface area contributed by atoms with Gasteiger partial charge in [0.05, 0.1) is 6.61 Å². The zero-order valence-corrected chi connectivity index (χ0v) is 11.2. The van der Waals surface area contributed by atoms with E-state index in [9.17, 15) is 10.2 Å². The molecular formula is C15H24O2.